The van der Waals surface area contributed by atoms with Crippen LogP contribution in [0, 0.1) is 5.92 Å². The summed E-state index contributed by atoms with van der Waals surface area (Å²) in [6, 6.07) is 1.95. The predicted octanol–water partition coefficient (Wildman–Crippen LogP) is 3.25. The minimum atomic E-state index is -0.261. The number of rotatable bonds is 3. The van der Waals surface area contributed by atoms with E-state index in [-0.39, 0.29) is 17.1 Å². The van der Waals surface area contributed by atoms with Crippen molar-refractivity contribution in [1.82, 2.24) is 0 Å². The topological polar surface area (TPSA) is 17.1 Å². The first-order valence-corrected chi connectivity index (χ1v) is 5.16. The zero-order chi connectivity index (χ0) is 9.14. The fourth-order valence-electron chi connectivity index (χ4n) is 1.23. The number of carbonyl (C=O) groups excluding carboxylic acids is 1. The molecule has 0 aliphatic rings. The van der Waals surface area contributed by atoms with Crippen LogP contribution in [0.25, 0.3) is 0 Å². The number of carbonyl (C=O) groups is 1. The summed E-state index contributed by atoms with van der Waals surface area (Å²) in [5.74, 6) is 0.127. The van der Waals surface area contributed by atoms with E-state index in [2.05, 4.69) is 0 Å². The summed E-state index contributed by atoms with van der Waals surface area (Å²) in [6.45, 7) is 4.01. The molecule has 1 aromatic heterocycles. The number of halogens is 1. The Bertz CT molecular complexity index is 254. The van der Waals surface area contributed by atoms with Crippen molar-refractivity contribution in [3.05, 3.63) is 22.4 Å². The summed E-state index contributed by atoms with van der Waals surface area (Å²) in [4.78, 5) is 11.1. The molecule has 1 aromatic rings. The molecular formula is C9H11ClOS. The van der Waals surface area contributed by atoms with Crippen molar-refractivity contribution >= 4 is 28.2 Å². The standard InChI is InChI=1S/C9H11ClOS/c1-6(2)8(9(10)11)7-3-4-12-5-7/h3-6,8H,1-2H3. The van der Waals surface area contributed by atoms with E-state index in [9.17, 15) is 4.79 Å². The smallest absolute Gasteiger partial charge is 0.229 e. The summed E-state index contributed by atoms with van der Waals surface area (Å²) in [5, 5.41) is 3.68. The van der Waals surface area contributed by atoms with Gasteiger partial charge in [-0.05, 0) is 39.9 Å². The van der Waals surface area contributed by atoms with Crippen LogP contribution < -0.4 is 0 Å². The van der Waals surface area contributed by atoms with Gasteiger partial charge < -0.3 is 0 Å². The Balaban J connectivity index is 2.88. The van der Waals surface area contributed by atoms with Gasteiger partial charge in [-0.1, -0.05) is 13.8 Å². The zero-order valence-corrected chi connectivity index (χ0v) is 8.65. The van der Waals surface area contributed by atoms with Gasteiger partial charge in [-0.25, -0.2) is 0 Å². The molecule has 12 heavy (non-hydrogen) atoms. The second-order valence-electron chi connectivity index (χ2n) is 3.08. The van der Waals surface area contributed by atoms with E-state index in [1.165, 1.54) is 0 Å². The average molecular weight is 203 g/mol. The third-order valence-corrected chi connectivity index (χ3v) is 2.75. The van der Waals surface area contributed by atoms with E-state index in [1.807, 2.05) is 30.7 Å². The zero-order valence-electron chi connectivity index (χ0n) is 7.08. The van der Waals surface area contributed by atoms with Crippen LogP contribution in [0.5, 0.6) is 0 Å². The SMILES string of the molecule is CC(C)C(C(=O)Cl)c1ccsc1. The molecule has 1 heterocycles. The molecule has 0 aliphatic heterocycles. The fourth-order valence-corrected chi connectivity index (χ4v) is 2.30. The van der Waals surface area contributed by atoms with E-state index in [4.69, 9.17) is 11.6 Å². The molecule has 0 bridgehead atoms. The molecule has 0 N–H and O–H groups in total. The Morgan fingerprint density at radius 3 is 2.58 bits per heavy atom. The highest BCUT2D eigenvalue weighted by atomic mass is 35.5. The van der Waals surface area contributed by atoms with Crippen molar-refractivity contribution in [1.29, 1.82) is 0 Å². The molecule has 0 fully saturated rings. The molecule has 0 radical (unpaired) electrons. The van der Waals surface area contributed by atoms with Gasteiger partial charge in [0, 0.05) is 0 Å². The fraction of sp³-hybridized carbons (Fsp3) is 0.444. The highest BCUT2D eigenvalue weighted by Gasteiger charge is 2.22. The van der Waals surface area contributed by atoms with E-state index < -0.39 is 0 Å². The Morgan fingerprint density at radius 1 is 1.58 bits per heavy atom. The first kappa shape index (κ1) is 9.75. The van der Waals surface area contributed by atoms with Crippen molar-refractivity contribution in [3.8, 4) is 0 Å². The second kappa shape index (κ2) is 4.06. The van der Waals surface area contributed by atoms with Gasteiger partial charge in [-0.2, -0.15) is 11.3 Å². The quantitative estimate of drug-likeness (QED) is 0.688. The van der Waals surface area contributed by atoms with E-state index in [0.29, 0.717) is 0 Å². The van der Waals surface area contributed by atoms with Crippen molar-refractivity contribution in [2.24, 2.45) is 5.92 Å². The number of hydrogen-bond acceptors (Lipinski definition) is 2. The molecule has 1 atom stereocenters. The van der Waals surface area contributed by atoms with Crippen LogP contribution in [-0.2, 0) is 4.79 Å². The van der Waals surface area contributed by atoms with Crippen molar-refractivity contribution in [3.63, 3.8) is 0 Å². The highest BCUT2D eigenvalue weighted by Crippen LogP contribution is 2.28. The average Bonchev–Trinajstić information content (AvgIpc) is 2.37. The largest absolute Gasteiger partial charge is 0.281 e. The van der Waals surface area contributed by atoms with Crippen LogP contribution >= 0.6 is 22.9 Å². The lowest BCUT2D eigenvalue weighted by molar-refractivity contribution is -0.113. The molecule has 1 unspecified atom stereocenters. The lowest BCUT2D eigenvalue weighted by Gasteiger charge is -2.14. The first-order chi connectivity index (χ1) is 5.63. The van der Waals surface area contributed by atoms with Gasteiger partial charge in [-0.3, -0.25) is 4.79 Å². The molecule has 0 amide bonds. The minimum Gasteiger partial charge on any atom is -0.281 e. The molecule has 0 spiro atoms. The van der Waals surface area contributed by atoms with Gasteiger partial charge in [0.25, 0.3) is 0 Å². The maximum Gasteiger partial charge on any atom is 0.229 e. The summed E-state index contributed by atoms with van der Waals surface area (Å²) in [5.41, 5.74) is 1.04. The van der Waals surface area contributed by atoms with Crippen molar-refractivity contribution in [2.75, 3.05) is 0 Å². The third kappa shape index (κ3) is 2.08. The van der Waals surface area contributed by atoms with Crippen LogP contribution in [0.15, 0.2) is 16.8 Å². The summed E-state index contributed by atoms with van der Waals surface area (Å²) in [7, 11) is 0. The minimum absolute atomic E-state index is 0.141. The Labute approximate surface area is 81.4 Å². The van der Waals surface area contributed by atoms with Crippen LogP contribution in [0.3, 0.4) is 0 Å². The van der Waals surface area contributed by atoms with Crippen molar-refractivity contribution in [2.45, 2.75) is 19.8 Å². The van der Waals surface area contributed by atoms with Crippen LogP contribution in [0.4, 0.5) is 0 Å². The summed E-state index contributed by atoms with van der Waals surface area (Å²) >= 11 is 7.09. The van der Waals surface area contributed by atoms with Gasteiger partial charge in [-0.15, -0.1) is 0 Å². The maximum atomic E-state index is 11.1. The first-order valence-electron chi connectivity index (χ1n) is 3.84. The van der Waals surface area contributed by atoms with Gasteiger partial charge in [0.1, 0.15) is 0 Å². The van der Waals surface area contributed by atoms with Gasteiger partial charge in [0.2, 0.25) is 5.24 Å². The highest BCUT2D eigenvalue weighted by molar-refractivity contribution is 7.08. The van der Waals surface area contributed by atoms with Gasteiger partial charge in [0.15, 0.2) is 0 Å². The summed E-state index contributed by atoms with van der Waals surface area (Å²) in [6.07, 6.45) is 0. The molecule has 66 valence electrons. The molecule has 3 heteroatoms. The monoisotopic (exact) mass is 202 g/mol. The normalized spacial score (nSPS) is 13.3. The lowest BCUT2D eigenvalue weighted by atomic mass is 9.92. The molecule has 0 aromatic carbocycles. The van der Waals surface area contributed by atoms with Crippen LogP contribution in [0.2, 0.25) is 0 Å². The Morgan fingerprint density at radius 2 is 2.25 bits per heavy atom. The van der Waals surface area contributed by atoms with Crippen molar-refractivity contribution < 1.29 is 4.79 Å². The Hall–Kier alpha value is -0.340. The maximum absolute atomic E-state index is 11.1. The third-order valence-electron chi connectivity index (χ3n) is 1.81. The van der Waals surface area contributed by atoms with E-state index >= 15 is 0 Å². The predicted molar refractivity (Wildman–Crippen MR) is 52.8 cm³/mol. The summed E-state index contributed by atoms with van der Waals surface area (Å²) < 4.78 is 0. The van der Waals surface area contributed by atoms with Crippen LogP contribution in [0.1, 0.15) is 25.3 Å². The molecular weight excluding hydrogens is 192 g/mol. The molecule has 0 saturated heterocycles. The lowest BCUT2D eigenvalue weighted by Crippen LogP contribution is -2.12. The Kier molecular flexibility index (Phi) is 3.29. The number of hydrogen-bond donors (Lipinski definition) is 0. The van der Waals surface area contributed by atoms with Gasteiger partial charge >= 0.3 is 0 Å². The second-order valence-corrected chi connectivity index (χ2v) is 4.24. The number of thiophene rings is 1. The van der Waals surface area contributed by atoms with E-state index in [0.717, 1.165) is 5.56 Å². The molecule has 0 saturated carbocycles. The van der Waals surface area contributed by atoms with Crippen LogP contribution in [-0.4, -0.2) is 5.24 Å². The van der Waals surface area contributed by atoms with Gasteiger partial charge in [0.05, 0.1) is 5.92 Å². The van der Waals surface area contributed by atoms with E-state index in [1.54, 1.807) is 11.3 Å². The molecule has 1 nitrogen and oxygen atoms in total. The molecule has 0 aliphatic carbocycles. The molecule has 1 rings (SSSR count).